The second kappa shape index (κ2) is 10.6. The summed E-state index contributed by atoms with van der Waals surface area (Å²) in [7, 11) is 0. The van der Waals surface area contributed by atoms with Gasteiger partial charge in [0.2, 0.25) is 17.7 Å². The van der Waals surface area contributed by atoms with Crippen molar-refractivity contribution in [2.75, 3.05) is 13.1 Å². The molecule has 1 aliphatic rings. The van der Waals surface area contributed by atoms with Crippen LogP contribution in [0.25, 0.3) is 0 Å². The van der Waals surface area contributed by atoms with Crippen LogP contribution in [0.5, 0.6) is 0 Å². The van der Waals surface area contributed by atoms with Crippen LogP contribution < -0.4 is 16.4 Å². The average molecular weight is 402 g/mol. The van der Waals surface area contributed by atoms with Crippen LogP contribution in [0.2, 0.25) is 0 Å². The number of aliphatic hydroxyl groups is 1. The van der Waals surface area contributed by atoms with E-state index in [-0.39, 0.29) is 13.0 Å². The molecule has 4 atom stereocenters. The molecule has 4 unspecified atom stereocenters. The van der Waals surface area contributed by atoms with Gasteiger partial charge in [0.15, 0.2) is 0 Å². The van der Waals surface area contributed by atoms with E-state index < -0.39 is 66.9 Å². The van der Waals surface area contributed by atoms with E-state index in [2.05, 4.69) is 10.6 Å². The van der Waals surface area contributed by atoms with Gasteiger partial charge < -0.3 is 36.6 Å². The van der Waals surface area contributed by atoms with Gasteiger partial charge in [-0.1, -0.05) is 0 Å². The quantitative estimate of drug-likeness (QED) is 0.224. The van der Waals surface area contributed by atoms with Crippen molar-refractivity contribution < 1.29 is 39.3 Å². The summed E-state index contributed by atoms with van der Waals surface area (Å²) in [6, 6.07) is -3.55. The Hall–Kier alpha value is -2.73. The maximum absolute atomic E-state index is 12.3. The Morgan fingerprint density at radius 2 is 1.82 bits per heavy atom. The van der Waals surface area contributed by atoms with Crippen LogP contribution in [0.4, 0.5) is 0 Å². The van der Waals surface area contributed by atoms with Gasteiger partial charge in [-0.05, 0) is 26.2 Å². The van der Waals surface area contributed by atoms with E-state index in [1.807, 2.05) is 0 Å². The van der Waals surface area contributed by atoms with Gasteiger partial charge in [0.1, 0.15) is 18.1 Å². The molecule has 0 aliphatic carbocycles. The lowest BCUT2D eigenvalue weighted by Gasteiger charge is -2.23. The highest BCUT2D eigenvalue weighted by Crippen LogP contribution is 2.17. The van der Waals surface area contributed by atoms with Gasteiger partial charge in [-0.15, -0.1) is 0 Å². The summed E-state index contributed by atoms with van der Waals surface area (Å²) in [4.78, 5) is 59.5. The fourth-order valence-electron chi connectivity index (χ4n) is 2.73. The minimum Gasteiger partial charge on any atom is -0.481 e. The first-order valence-electron chi connectivity index (χ1n) is 8.80. The predicted octanol–water partition coefficient (Wildman–Crippen LogP) is -2.76. The largest absolute Gasteiger partial charge is 0.481 e. The van der Waals surface area contributed by atoms with E-state index in [1.54, 1.807) is 0 Å². The summed E-state index contributed by atoms with van der Waals surface area (Å²) >= 11 is 0. The zero-order chi connectivity index (χ0) is 21.4. The van der Waals surface area contributed by atoms with Crippen molar-refractivity contribution in [1.82, 2.24) is 15.5 Å². The van der Waals surface area contributed by atoms with Crippen LogP contribution in [0, 0.1) is 0 Å². The number of carboxylic acids is 2. The second-order valence-corrected chi connectivity index (χ2v) is 6.56. The minimum atomic E-state index is -1.32. The molecule has 28 heavy (non-hydrogen) atoms. The Balaban J connectivity index is 2.69. The summed E-state index contributed by atoms with van der Waals surface area (Å²) in [5, 5.41) is 31.8. The molecule has 3 amide bonds. The van der Waals surface area contributed by atoms with E-state index in [0.29, 0.717) is 12.8 Å². The number of rotatable bonds is 10. The molecule has 1 aliphatic heterocycles. The van der Waals surface area contributed by atoms with E-state index in [0.717, 1.165) is 4.90 Å². The van der Waals surface area contributed by atoms with Crippen LogP contribution in [0.3, 0.4) is 0 Å². The number of carbonyl (C=O) groups is 5. The van der Waals surface area contributed by atoms with Crippen molar-refractivity contribution in [2.24, 2.45) is 5.73 Å². The van der Waals surface area contributed by atoms with Gasteiger partial charge in [-0.25, -0.2) is 4.79 Å². The van der Waals surface area contributed by atoms with E-state index in [9.17, 15) is 29.1 Å². The standard InChI is InChI=1S/C16H26N4O8/c1-8(21)13(17)15(26)19-9(4-5-12(23)24)14(25)18-7-11(22)20-6-2-3-10(20)16(27)28/h8-10,13,21H,2-7,17H2,1H3,(H,18,25)(H,19,26)(H,23,24)(H,27,28). The predicted molar refractivity (Wildman–Crippen MR) is 93.8 cm³/mol. The Morgan fingerprint density at radius 3 is 2.36 bits per heavy atom. The lowest BCUT2D eigenvalue weighted by atomic mass is 10.1. The van der Waals surface area contributed by atoms with E-state index >= 15 is 0 Å². The lowest BCUT2D eigenvalue weighted by Crippen LogP contribution is -2.55. The fraction of sp³-hybridized carbons (Fsp3) is 0.688. The highest BCUT2D eigenvalue weighted by atomic mass is 16.4. The maximum atomic E-state index is 12.3. The number of amides is 3. The molecule has 1 fully saturated rings. The molecule has 1 heterocycles. The number of nitrogens with two attached hydrogens (primary N) is 1. The molecule has 7 N–H and O–H groups in total. The Kier molecular flexibility index (Phi) is 8.79. The van der Waals surface area contributed by atoms with Crippen molar-refractivity contribution >= 4 is 29.7 Å². The molecule has 1 saturated heterocycles. The van der Waals surface area contributed by atoms with Crippen molar-refractivity contribution in [3.63, 3.8) is 0 Å². The highest BCUT2D eigenvalue weighted by molar-refractivity contribution is 5.93. The monoisotopic (exact) mass is 402 g/mol. The van der Waals surface area contributed by atoms with Gasteiger partial charge in [0.05, 0.1) is 12.6 Å². The minimum absolute atomic E-state index is 0.255. The number of nitrogens with one attached hydrogen (secondary N) is 2. The summed E-state index contributed by atoms with van der Waals surface area (Å²) in [6.07, 6.45) is -1.01. The number of likely N-dealkylation sites (tertiary alicyclic amines) is 1. The van der Waals surface area contributed by atoms with Crippen LogP contribution in [-0.2, 0) is 24.0 Å². The number of carbonyl (C=O) groups excluding carboxylic acids is 3. The summed E-state index contributed by atoms with van der Waals surface area (Å²) in [5.74, 6) is -4.58. The maximum Gasteiger partial charge on any atom is 0.326 e. The normalized spacial score (nSPS) is 19.4. The van der Waals surface area contributed by atoms with Crippen molar-refractivity contribution in [3.8, 4) is 0 Å². The van der Waals surface area contributed by atoms with Gasteiger partial charge in [-0.3, -0.25) is 19.2 Å². The third-order valence-electron chi connectivity index (χ3n) is 4.37. The smallest absolute Gasteiger partial charge is 0.326 e. The van der Waals surface area contributed by atoms with Gasteiger partial charge >= 0.3 is 11.9 Å². The molecule has 12 nitrogen and oxygen atoms in total. The van der Waals surface area contributed by atoms with Crippen LogP contribution in [-0.4, -0.2) is 87.2 Å². The average Bonchev–Trinajstić information content (AvgIpc) is 3.11. The van der Waals surface area contributed by atoms with Crippen molar-refractivity contribution in [2.45, 2.75) is 56.8 Å². The molecule has 1 rings (SSSR count). The molecular weight excluding hydrogens is 376 g/mol. The molecule has 0 aromatic heterocycles. The van der Waals surface area contributed by atoms with Crippen LogP contribution >= 0.6 is 0 Å². The third-order valence-corrected chi connectivity index (χ3v) is 4.37. The van der Waals surface area contributed by atoms with Crippen molar-refractivity contribution in [1.29, 1.82) is 0 Å². The van der Waals surface area contributed by atoms with Crippen LogP contribution in [0.1, 0.15) is 32.6 Å². The molecule has 158 valence electrons. The summed E-state index contributed by atoms with van der Waals surface area (Å²) in [5.41, 5.74) is 5.49. The molecule has 0 bridgehead atoms. The number of aliphatic hydroxyl groups excluding tert-OH is 1. The van der Waals surface area contributed by atoms with E-state index in [1.165, 1.54) is 6.92 Å². The molecule has 12 heteroatoms. The number of carboxylic acid groups (broad SMARTS) is 2. The zero-order valence-corrected chi connectivity index (χ0v) is 15.5. The zero-order valence-electron chi connectivity index (χ0n) is 15.5. The summed E-state index contributed by atoms with van der Waals surface area (Å²) < 4.78 is 0. The SMILES string of the molecule is CC(O)C(N)C(=O)NC(CCC(=O)O)C(=O)NCC(=O)N1CCCC1C(=O)O. The lowest BCUT2D eigenvalue weighted by molar-refractivity contribution is -0.148. The molecule has 0 radical (unpaired) electrons. The highest BCUT2D eigenvalue weighted by Gasteiger charge is 2.34. The third kappa shape index (κ3) is 6.78. The van der Waals surface area contributed by atoms with Crippen molar-refractivity contribution in [3.05, 3.63) is 0 Å². The van der Waals surface area contributed by atoms with Gasteiger partial charge in [-0.2, -0.15) is 0 Å². The number of hydrogen-bond donors (Lipinski definition) is 6. The molecular formula is C16H26N4O8. The van der Waals surface area contributed by atoms with Gasteiger partial charge in [0, 0.05) is 13.0 Å². The fourth-order valence-corrected chi connectivity index (χ4v) is 2.73. The summed E-state index contributed by atoms with van der Waals surface area (Å²) in [6.45, 7) is 1.04. The number of aliphatic carboxylic acids is 2. The Morgan fingerprint density at radius 1 is 1.18 bits per heavy atom. The number of nitrogens with zero attached hydrogens (tertiary/aromatic N) is 1. The first-order chi connectivity index (χ1) is 13.0. The molecule has 0 aromatic carbocycles. The molecule has 0 saturated carbocycles. The van der Waals surface area contributed by atoms with Gasteiger partial charge in [0.25, 0.3) is 0 Å². The Labute approximate surface area is 161 Å². The number of hydrogen-bond acceptors (Lipinski definition) is 7. The van der Waals surface area contributed by atoms with Crippen LogP contribution in [0.15, 0.2) is 0 Å². The molecule has 0 spiro atoms. The first-order valence-corrected chi connectivity index (χ1v) is 8.80. The second-order valence-electron chi connectivity index (χ2n) is 6.56. The Bertz CT molecular complexity index is 624. The molecule has 0 aromatic rings. The van der Waals surface area contributed by atoms with E-state index in [4.69, 9.17) is 15.9 Å². The topological polar surface area (TPSA) is 199 Å². The first kappa shape index (κ1) is 23.3.